The Labute approximate surface area is 60.0 Å². The average molecular weight is 141 g/mol. The maximum atomic E-state index is 5.18. The quantitative estimate of drug-likeness (QED) is 0.625. The maximum Gasteiger partial charge on any atom is 0.191 e. The van der Waals surface area contributed by atoms with E-state index in [1.54, 1.807) is 7.11 Å². The van der Waals surface area contributed by atoms with Gasteiger partial charge in [-0.05, 0) is 6.92 Å². The van der Waals surface area contributed by atoms with Crippen LogP contribution >= 0.6 is 0 Å². The Bertz CT molecular complexity index is 217. The first-order valence-electron chi connectivity index (χ1n) is 3.16. The molecule has 1 heterocycles. The Morgan fingerprint density at radius 2 is 2.20 bits per heavy atom. The summed E-state index contributed by atoms with van der Waals surface area (Å²) in [5.41, 5.74) is 0.889. The monoisotopic (exact) mass is 141 g/mol. The lowest BCUT2D eigenvalue weighted by Gasteiger charge is -1.91. The maximum absolute atomic E-state index is 5.18. The molecule has 0 N–H and O–H groups in total. The van der Waals surface area contributed by atoms with Crippen LogP contribution in [-0.2, 0) is 11.3 Å². The van der Waals surface area contributed by atoms with Gasteiger partial charge in [-0.15, -0.1) is 0 Å². The van der Waals surface area contributed by atoms with Gasteiger partial charge in [-0.1, -0.05) is 0 Å². The molecule has 0 aromatic carbocycles. The van der Waals surface area contributed by atoms with Gasteiger partial charge < -0.3 is 9.15 Å². The van der Waals surface area contributed by atoms with Gasteiger partial charge in [0.1, 0.15) is 11.5 Å². The molecule has 10 heavy (non-hydrogen) atoms. The fourth-order valence-corrected chi connectivity index (χ4v) is 0.843. The Balaban J connectivity index is 2.81. The molecule has 0 aliphatic carbocycles. The first-order chi connectivity index (χ1) is 4.74. The van der Waals surface area contributed by atoms with Crippen LogP contribution in [0, 0.1) is 13.8 Å². The van der Waals surface area contributed by atoms with Gasteiger partial charge in [-0.25, -0.2) is 4.98 Å². The minimum Gasteiger partial charge on any atom is -0.446 e. The smallest absolute Gasteiger partial charge is 0.191 e. The normalized spacial score (nSPS) is 10.3. The van der Waals surface area contributed by atoms with E-state index in [0.29, 0.717) is 12.5 Å². The summed E-state index contributed by atoms with van der Waals surface area (Å²) < 4.78 is 10.1. The van der Waals surface area contributed by atoms with Gasteiger partial charge in [0.2, 0.25) is 0 Å². The second-order valence-corrected chi connectivity index (χ2v) is 2.17. The highest BCUT2D eigenvalue weighted by atomic mass is 16.5. The molecule has 0 fully saturated rings. The van der Waals surface area contributed by atoms with E-state index < -0.39 is 0 Å². The van der Waals surface area contributed by atoms with Crippen molar-refractivity contribution in [1.82, 2.24) is 4.98 Å². The second-order valence-electron chi connectivity index (χ2n) is 2.17. The molecule has 0 saturated carbocycles. The van der Waals surface area contributed by atoms with E-state index in [9.17, 15) is 0 Å². The summed E-state index contributed by atoms with van der Waals surface area (Å²) in [4.78, 5) is 4.11. The number of nitrogens with zero attached hydrogens (tertiary/aromatic N) is 1. The zero-order chi connectivity index (χ0) is 7.56. The van der Waals surface area contributed by atoms with Crippen molar-refractivity contribution < 1.29 is 9.15 Å². The van der Waals surface area contributed by atoms with Crippen molar-refractivity contribution in [2.75, 3.05) is 7.11 Å². The van der Waals surface area contributed by atoms with Crippen molar-refractivity contribution in [2.45, 2.75) is 20.5 Å². The third-order valence-corrected chi connectivity index (χ3v) is 1.28. The van der Waals surface area contributed by atoms with Crippen LogP contribution in [0.2, 0.25) is 0 Å². The molecule has 0 radical (unpaired) electrons. The number of oxazole rings is 1. The van der Waals surface area contributed by atoms with Crippen LogP contribution in [0.5, 0.6) is 0 Å². The minimum absolute atomic E-state index is 0.531. The zero-order valence-electron chi connectivity index (χ0n) is 6.47. The van der Waals surface area contributed by atoms with E-state index in [4.69, 9.17) is 9.15 Å². The van der Waals surface area contributed by atoms with E-state index in [1.165, 1.54) is 0 Å². The molecule has 0 amide bonds. The number of methoxy groups -OCH3 is 1. The summed E-state index contributed by atoms with van der Waals surface area (Å²) >= 11 is 0. The molecule has 0 bridgehead atoms. The molecule has 0 atom stereocenters. The van der Waals surface area contributed by atoms with Crippen LogP contribution in [0.1, 0.15) is 17.3 Å². The van der Waals surface area contributed by atoms with Crippen molar-refractivity contribution in [3.05, 3.63) is 17.3 Å². The standard InChI is InChI=1S/C7H11NO2/c1-5-7(4-9-3)8-6(2)10-5/h4H2,1-3H3. The van der Waals surface area contributed by atoms with Gasteiger partial charge >= 0.3 is 0 Å². The third-order valence-electron chi connectivity index (χ3n) is 1.28. The Morgan fingerprint density at radius 3 is 2.60 bits per heavy atom. The summed E-state index contributed by atoms with van der Waals surface area (Å²) in [5.74, 6) is 1.55. The molecule has 3 heteroatoms. The van der Waals surface area contributed by atoms with Crippen LogP contribution in [0.3, 0.4) is 0 Å². The first kappa shape index (κ1) is 7.28. The largest absolute Gasteiger partial charge is 0.446 e. The van der Waals surface area contributed by atoms with Gasteiger partial charge in [0.05, 0.1) is 6.61 Å². The highest BCUT2D eigenvalue weighted by Gasteiger charge is 2.04. The van der Waals surface area contributed by atoms with Gasteiger partial charge in [0.15, 0.2) is 5.89 Å². The van der Waals surface area contributed by atoms with Crippen LogP contribution in [0.4, 0.5) is 0 Å². The number of aromatic nitrogens is 1. The van der Waals surface area contributed by atoms with Crippen LogP contribution in [-0.4, -0.2) is 12.1 Å². The van der Waals surface area contributed by atoms with E-state index >= 15 is 0 Å². The number of ether oxygens (including phenoxy) is 1. The highest BCUT2D eigenvalue weighted by Crippen LogP contribution is 2.08. The molecule has 0 unspecified atom stereocenters. The topological polar surface area (TPSA) is 35.3 Å². The lowest BCUT2D eigenvalue weighted by Crippen LogP contribution is -1.89. The molecule has 0 saturated heterocycles. The Kier molecular flexibility index (Phi) is 2.06. The fourth-order valence-electron chi connectivity index (χ4n) is 0.843. The number of rotatable bonds is 2. The average Bonchev–Trinajstić information content (AvgIpc) is 2.13. The molecule has 3 nitrogen and oxygen atoms in total. The summed E-state index contributed by atoms with van der Waals surface area (Å²) in [5, 5.41) is 0. The SMILES string of the molecule is COCc1nc(C)oc1C. The van der Waals surface area contributed by atoms with Crippen molar-refractivity contribution in [3.8, 4) is 0 Å². The molecular formula is C7H11NO2. The minimum atomic E-state index is 0.531. The number of aryl methyl sites for hydroxylation is 2. The summed E-state index contributed by atoms with van der Waals surface area (Å²) in [6.45, 7) is 4.24. The van der Waals surface area contributed by atoms with Crippen molar-refractivity contribution >= 4 is 0 Å². The van der Waals surface area contributed by atoms with E-state index in [2.05, 4.69) is 4.98 Å². The Morgan fingerprint density at radius 1 is 1.50 bits per heavy atom. The van der Waals surface area contributed by atoms with Gasteiger partial charge in [-0.3, -0.25) is 0 Å². The Hall–Kier alpha value is -0.830. The molecule has 1 aromatic heterocycles. The van der Waals surface area contributed by atoms with Crippen LogP contribution in [0.25, 0.3) is 0 Å². The lowest BCUT2D eigenvalue weighted by atomic mass is 10.4. The first-order valence-corrected chi connectivity index (χ1v) is 3.16. The molecule has 1 aromatic rings. The highest BCUT2D eigenvalue weighted by molar-refractivity contribution is 5.05. The van der Waals surface area contributed by atoms with Crippen LogP contribution < -0.4 is 0 Å². The predicted octanol–water partition coefficient (Wildman–Crippen LogP) is 1.44. The third kappa shape index (κ3) is 1.36. The molecule has 1 rings (SSSR count). The van der Waals surface area contributed by atoms with Gasteiger partial charge in [-0.2, -0.15) is 0 Å². The number of hydrogen-bond acceptors (Lipinski definition) is 3. The molecule has 0 spiro atoms. The van der Waals surface area contributed by atoms with Crippen LogP contribution in [0.15, 0.2) is 4.42 Å². The van der Waals surface area contributed by atoms with Gasteiger partial charge in [0, 0.05) is 14.0 Å². The molecule has 0 aliphatic heterocycles. The van der Waals surface area contributed by atoms with Gasteiger partial charge in [0.25, 0.3) is 0 Å². The van der Waals surface area contributed by atoms with Crippen molar-refractivity contribution in [2.24, 2.45) is 0 Å². The predicted molar refractivity (Wildman–Crippen MR) is 36.7 cm³/mol. The molecule has 0 aliphatic rings. The molecular weight excluding hydrogens is 130 g/mol. The zero-order valence-corrected chi connectivity index (χ0v) is 6.47. The van der Waals surface area contributed by atoms with Crippen molar-refractivity contribution in [3.63, 3.8) is 0 Å². The molecule has 56 valence electrons. The second kappa shape index (κ2) is 2.84. The van der Waals surface area contributed by atoms with E-state index in [-0.39, 0.29) is 0 Å². The van der Waals surface area contributed by atoms with E-state index in [0.717, 1.165) is 11.5 Å². The number of hydrogen-bond donors (Lipinski definition) is 0. The lowest BCUT2D eigenvalue weighted by molar-refractivity contribution is 0.180. The summed E-state index contributed by atoms with van der Waals surface area (Å²) in [6, 6.07) is 0. The summed E-state index contributed by atoms with van der Waals surface area (Å²) in [6.07, 6.45) is 0. The van der Waals surface area contributed by atoms with Crippen molar-refractivity contribution in [1.29, 1.82) is 0 Å². The fraction of sp³-hybridized carbons (Fsp3) is 0.571. The summed E-state index contributed by atoms with van der Waals surface area (Å²) in [7, 11) is 1.64. The van der Waals surface area contributed by atoms with E-state index in [1.807, 2.05) is 13.8 Å².